The highest BCUT2D eigenvalue weighted by atomic mass is 35.5. The number of nitrogens with zero attached hydrogens (tertiary/aromatic N) is 2. The Morgan fingerprint density at radius 3 is 2.78 bits per heavy atom. The van der Waals surface area contributed by atoms with E-state index in [2.05, 4.69) is 46.9 Å². The Hall–Kier alpha value is -1.58. The quantitative estimate of drug-likeness (QED) is 0.754. The van der Waals surface area contributed by atoms with E-state index >= 15 is 0 Å². The van der Waals surface area contributed by atoms with Gasteiger partial charge < -0.3 is 10.7 Å². The van der Waals surface area contributed by atoms with Gasteiger partial charge in [-0.1, -0.05) is 13.0 Å². The van der Waals surface area contributed by atoms with E-state index in [1.54, 1.807) is 0 Å². The lowest BCUT2D eigenvalue weighted by atomic mass is 10.1. The molecule has 0 bridgehead atoms. The van der Waals surface area contributed by atoms with E-state index in [9.17, 15) is 0 Å². The van der Waals surface area contributed by atoms with Crippen LogP contribution in [0.2, 0.25) is 0 Å². The number of fused-ring (bicyclic) bond motifs is 3. The molecule has 0 radical (unpaired) electrons. The van der Waals surface area contributed by atoms with Crippen molar-refractivity contribution in [2.75, 3.05) is 0 Å². The molecule has 18 heavy (non-hydrogen) atoms. The van der Waals surface area contributed by atoms with Crippen LogP contribution < -0.4 is 6.15 Å². The lowest BCUT2D eigenvalue weighted by Crippen LogP contribution is -1.94. The van der Waals surface area contributed by atoms with Crippen LogP contribution in [0.5, 0.6) is 0 Å². The van der Waals surface area contributed by atoms with Gasteiger partial charge in [0.15, 0.2) is 0 Å². The average Bonchev–Trinajstić information content (AvgIpc) is 2.73. The number of pyridine rings is 1. The molecule has 1 aromatic carbocycles. The third kappa shape index (κ3) is 2.19. The second-order valence-electron chi connectivity index (χ2n) is 4.08. The zero-order valence-corrected chi connectivity index (χ0v) is 11.3. The Morgan fingerprint density at radius 1 is 1.17 bits per heavy atom. The van der Waals surface area contributed by atoms with Gasteiger partial charge in [-0.05, 0) is 30.7 Å². The lowest BCUT2D eigenvalue weighted by Gasteiger charge is -2.05. The molecule has 0 aliphatic carbocycles. The van der Waals surface area contributed by atoms with Crippen LogP contribution in [0.25, 0.3) is 21.8 Å². The van der Waals surface area contributed by atoms with Crippen LogP contribution in [0, 0.1) is 0 Å². The fourth-order valence-corrected chi connectivity index (χ4v) is 2.28. The normalized spacial score (nSPS) is 10.1. The van der Waals surface area contributed by atoms with E-state index in [0.29, 0.717) is 0 Å². The maximum atomic E-state index is 4.40. The maximum Gasteiger partial charge on any atom is 0.0723 e. The van der Waals surface area contributed by atoms with Crippen molar-refractivity contribution in [2.24, 2.45) is 0 Å². The first-order valence-electron chi connectivity index (χ1n) is 5.72. The summed E-state index contributed by atoms with van der Waals surface area (Å²) in [5, 5.41) is 2.55. The second-order valence-corrected chi connectivity index (χ2v) is 4.08. The summed E-state index contributed by atoms with van der Waals surface area (Å²) in [6, 6.07) is 10.6. The van der Waals surface area contributed by atoms with E-state index in [4.69, 9.17) is 0 Å². The topological polar surface area (TPSA) is 52.8 Å². The van der Waals surface area contributed by atoms with E-state index in [-0.39, 0.29) is 18.6 Å². The van der Waals surface area contributed by atoms with Gasteiger partial charge in [0.25, 0.3) is 0 Å². The molecule has 4 heteroatoms. The van der Waals surface area contributed by atoms with Gasteiger partial charge in [0.05, 0.1) is 11.0 Å². The van der Waals surface area contributed by atoms with Crippen molar-refractivity contribution in [3.8, 4) is 0 Å². The standard InChI is InChI=1S/C14H14N2.ClH.H3N/c1-2-9-16-10-7-11-5-6-13-12(14(11)16)4-3-8-15-13;;/h3-8,10H,2,9H2,1H3;1H;1H3. The molecular weight excluding hydrogens is 246 g/mol. The summed E-state index contributed by atoms with van der Waals surface area (Å²) in [5.41, 5.74) is 2.39. The van der Waals surface area contributed by atoms with Crippen molar-refractivity contribution in [1.29, 1.82) is 0 Å². The van der Waals surface area contributed by atoms with Crippen LogP contribution >= 0.6 is 12.4 Å². The Bertz CT molecular complexity index is 646. The Kier molecular flexibility index (Phi) is 4.70. The highest BCUT2D eigenvalue weighted by Crippen LogP contribution is 2.25. The van der Waals surface area contributed by atoms with Crippen LogP contribution in [-0.4, -0.2) is 9.55 Å². The fraction of sp³-hybridized carbons (Fsp3) is 0.214. The molecule has 0 unspecified atom stereocenters. The smallest absolute Gasteiger partial charge is 0.0723 e. The molecule has 0 fully saturated rings. The van der Waals surface area contributed by atoms with Gasteiger partial charge >= 0.3 is 0 Å². The molecule has 3 rings (SSSR count). The van der Waals surface area contributed by atoms with Crippen LogP contribution in [0.15, 0.2) is 42.7 Å². The third-order valence-corrected chi connectivity index (χ3v) is 2.97. The highest BCUT2D eigenvalue weighted by molar-refractivity contribution is 6.04. The highest BCUT2D eigenvalue weighted by Gasteiger charge is 2.05. The van der Waals surface area contributed by atoms with Crippen molar-refractivity contribution >= 4 is 34.2 Å². The summed E-state index contributed by atoms with van der Waals surface area (Å²) >= 11 is 0. The molecule has 0 spiro atoms. The molecule has 2 aromatic heterocycles. The molecule has 0 saturated carbocycles. The third-order valence-electron chi connectivity index (χ3n) is 2.97. The molecule has 0 aliphatic heterocycles. The zero-order chi connectivity index (χ0) is 11.0. The largest absolute Gasteiger partial charge is 0.347 e. The van der Waals surface area contributed by atoms with Crippen LogP contribution in [0.3, 0.4) is 0 Å². The predicted octanol–water partition coefficient (Wildman–Crippen LogP) is 4.18. The first-order chi connectivity index (χ1) is 7.90. The van der Waals surface area contributed by atoms with E-state index in [1.807, 2.05) is 12.3 Å². The summed E-state index contributed by atoms with van der Waals surface area (Å²) in [4.78, 5) is 4.40. The summed E-state index contributed by atoms with van der Waals surface area (Å²) in [5.74, 6) is 0. The number of halogens is 1. The van der Waals surface area contributed by atoms with Crippen molar-refractivity contribution in [1.82, 2.24) is 15.7 Å². The minimum absolute atomic E-state index is 0. The van der Waals surface area contributed by atoms with E-state index < -0.39 is 0 Å². The van der Waals surface area contributed by atoms with Gasteiger partial charge in [0, 0.05) is 29.7 Å². The number of rotatable bonds is 2. The van der Waals surface area contributed by atoms with Crippen LogP contribution in [0.4, 0.5) is 0 Å². The molecule has 0 atom stereocenters. The molecule has 3 nitrogen and oxygen atoms in total. The number of hydrogen-bond acceptors (Lipinski definition) is 2. The number of hydrogen-bond donors (Lipinski definition) is 1. The van der Waals surface area contributed by atoms with Crippen molar-refractivity contribution < 1.29 is 0 Å². The first-order valence-corrected chi connectivity index (χ1v) is 5.72. The monoisotopic (exact) mass is 263 g/mol. The van der Waals surface area contributed by atoms with Crippen LogP contribution in [-0.2, 0) is 6.54 Å². The Morgan fingerprint density at radius 2 is 2.00 bits per heavy atom. The molecule has 2 heterocycles. The van der Waals surface area contributed by atoms with E-state index in [0.717, 1.165) is 18.5 Å². The number of aromatic nitrogens is 2. The Balaban J connectivity index is 0.000000810. The minimum Gasteiger partial charge on any atom is -0.347 e. The fourth-order valence-electron chi connectivity index (χ4n) is 2.28. The van der Waals surface area contributed by atoms with E-state index in [1.165, 1.54) is 16.3 Å². The Labute approximate surface area is 113 Å². The minimum atomic E-state index is 0. The van der Waals surface area contributed by atoms with Crippen molar-refractivity contribution in [3.63, 3.8) is 0 Å². The summed E-state index contributed by atoms with van der Waals surface area (Å²) < 4.78 is 2.32. The molecule has 0 amide bonds. The summed E-state index contributed by atoms with van der Waals surface area (Å²) in [6.07, 6.45) is 5.17. The summed E-state index contributed by atoms with van der Waals surface area (Å²) in [7, 11) is 0. The van der Waals surface area contributed by atoms with Crippen molar-refractivity contribution in [3.05, 3.63) is 42.7 Å². The molecular formula is C14H18ClN3. The molecule has 0 saturated heterocycles. The predicted molar refractivity (Wildman–Crippen MR) is 79.8 cm³/mol. The van der Waals surface area contributed by atoms with Gasteiger partial charge in [0.2, 0.25) is 0 Å². The SMILES string of the molecule is CCCn1ccc2ccc3ncccc3c21.Cl.N. The first kappa shape index (κ1) is 14.5. The van der Waals surface area contributed by atoms with Crippen molar-refractivity contribution in [2.45, 2.75) is 19.9 Å². The van der Waals surface area contributed by atoms with Crippen LogP contribution in [0.1, 0.15) is 13.3 Å². The molecule has 3 aromatic rings. The number of aryl methyl sites for hydroxylation is 1. The molecule has 0 aliphatic rings. The second kappa shape index (κ2) is 5.85. The number of benzene rings is 1. The molecule has 96 valence electrons. The average molecular weight is 264 g/mol. The molecule has 3 N–H and O–H groups in total. The van der Waals surface area contributed by atoms with Gasteiger partial charge in [-0.25, -0.2) is 0 Å². The van der Waals surface area contributed by atoms with Gasteiger partial charge in [0.1, 0.15) is 0 Å². The van der Waals surface area contributed by atoms with Gasteiger partial charge in [-0.3, -0.25) is 4.98 Å². The lowest BCUT2D eigenvalue weighted by molar-refractivity contribution is 0.705. The zero-order valence-electron chi connectivity index (χ0n) is 10.5. The maximum absolute atomic E-state index is 4.40. The summed E-state index contributed by atoms with van der Waals surface area (Å²) in [6.45, 7) is 3.27. The van der Waals surface area contributed by atoms with Gasteiger partial charge in [-0.15, -0.1) is 12.4 Å². The van der Waals surface area contributed by atoms with Gasteiger partial charge in [-0.2, -0.15) is 0 Å².